The Kier molecular flexibility index (Phi) is 4.74. The van der Waals surface area contributed by atoms with Crippen LogP contribution in [-0.2, 0) is 0 Å². The number of rotatable bonds is 6. The highest BCUT2D eigenvalue weighted by Gasteiger charge is 2.25. The smallest absolute Gasteiger partial charge is 0.357 e. The molecule has 9 heteroatoms. The van der Waals surface area contributed by atoms with Gasteiger partial charge in [-0.25, -0.2) is 9.97 Å². The molecule has 0 saturated heterocycles. The fraction of sp³-hybridized carbons (Fsp3) is 0.125. The third kappa shape index (κ3) is 3.34. The highest BCUT2D eigenvalue weighted by atomic mass is 16.5. The summed E-state index contributed by atoms with van der Waals surface area (Å²) >= 11 is 0. The van der Waals surface area contributed by atoms with Crippen LogP contribution in [0.3, 0.4) is 0 Å². The van der Waals surface area contributed by atoms with E-state index < -0.39 is 0 Å². The Bertz CT molecular complexity index is 888. The van der Waals surface area contributed by atoms with E-state index in [1.165, 1.54) is 14.2 Å². The molecular formula is C16H14N6O3. The topological polar surface area (TPSA) is 116 Å². The molecule has 1 aromatic carbocycles. The average molecular weight is 338 g/mol. The molecule has 25 heavy (non-hydrogen) atoms. The summed E-state index contributed by atoms with van der Waals surface area (Å²) in [6.45, 7) is 0. The van der Waals surface area contributed by atoms with Gasteiger partial charge in [-0.3, -0.25) is 0 Å². The lowest BCUT2D eigenvalue weighted by atomic mass is 10.3. The van der Waals surface area contributed by atoms with Crippen LogP contribution in [0.1, 0.15) is 0 Å². The average Bonchev–Trinajstić information content (AvgIpc) is 2.69. The first-order chi connectivity index (χ1) is 12.3. The Hall–Kier alpha value is -3.62. The number of benzene rings is 1. The molecule has 2 heterocycles. The number of hydrogen-bond acceptors (Lipinski definition) is 7. The van der Waals surface area contributed by atoms with E-state index in [0.29, 0.717) is 11.5 Å². The van der Waals surface area contributed by atoms with Gasteiger partial charge in [0.2, 0.25) is 5.82 Å². The predicted molar refractivity (Wildman–Crippen MR) is 86.7 cm³/mol. The third-order valence-corrected chi connectivity index (χ3v) is 3.18. The number of methoxy groups -OCH3 is 2. The Labute approximate surface area is 143 Å². The van der Waals surface area contributed by atoms with Crippen LogP contribution < -0.4 is 19.3 Å². The van der Waals surface area contributed by atoms with Gasteiger partial charge in [0.1, 0.15) is 0 Å². The number of hydrogen-bond donors (Lipinski definition) is 1. The minimum Gasteiger partial charge on any atom is -0.614 e. The molecule has 0 atom stereocenters. The van der Waals surface area contributed by atoms with E-state index in [4.69, 9.17) is 14.2 Å². The van der Waals surface area contributed by atoms with Crippen molar-refractivity contribution >= 4 is 5.82 Å². The van der Waals surface area contributed by atoms with Gasteiger partial charge in [-0.05, 0) is 23.2 Å². The van der Waals surface area contributed by atoms with Crippen molar-refractivity contribution in [3.8, 4) is 34.8 Å². The first-order valence-electron chi connectivity index (χ1n) is 7.21. The molecule has 1 N–H and O–H groups in total. The molecule has 0 bridgehead atoms. The van der Waals surface area contributed by atoms with E-state index in [1.807, 2.05) is 5.11 Å². The Morgan fingerprint density at radius 2 is 1.60 bits per heavy atom. The number of para-hydroxylation sites is 2. The second-order valence-electron chi connectivity index (χ2n) is 4.67. The van der Waals surface area contributed by atoms with Crippen molar-refractivity contribution in [2.75, 3.05) is 14.2 Å². The van der Waals surface area contributed by atoms with Crippen molar-refractivity contribution in [3.63, 3.8) is 0 Å². The van der Waals surface area contributed by atoms with Gasteiger partial charge in [0.05, 0.1) is 14.2 Å². The van der Waals surface area contributed by atoms with Crippen molar-refractivity contribution in [2.45, 2.75) is 0 Å². The first-order valence-corrected chi connectivity index (χ1v) is 7.21. The van der Waals surface area contributed by atoms with Gasteiger partial charge in [0.15, 0.2) is 11.5 Å². The zero-order valence-electron chi connectivity index (χ0n) is 13.5. The number of nitrogens with one attached hydrogen (secondary N) is 1. The summed E-state index contributed by atoms with van der Waals surface area (Å²) in [6.07, 6.45) is 3.12. The molecular weight excluding hydrogens is 324 g/mol. The van der Waals surface area contributed by atoms with Crippen molar-refractivity contribution in [2.24, 2.45) is 0 Å². The van der Waals surface area contributed by atoms with E-state index in [1.54, 1.807) is 42.7 Å². The second kappa shape index (κ2) is 7.30. The normalized spacial score (nSPS) is 10.2. The maximum Gasteiger partial charge on any atom is 0.357 e. The second-order valence-corrected chi connectivity index (χ2v) is 4.67. The van der Waals surface area contributed by atoms with Crippen molar-refractivity contribution in [1.29, 1.82) is 0 Å². The predicted octanol–water partition coefficient (Wildman–Crippen LogP) is 1.48. The summed E-state index contributed by atoms with van der Waals surface area (Å²) in [5.74, 6) is 1.55. The van der Waals surface area contributed by atoms with Gasteiger partial charge >= 0.3 is 11.6 Å². The zero-order chi connectivity index (χ0) is 17.6. The van der Waals surface area contributed by atoms with Gasteiger partial charge in [-0.1, -0.05) is 12.1 Å². The Morgan fingerprint density at radius 3 is 2.24 bits per heavy atom. The summed E-state index contributed by atoms with van der Waals surface area (Å²) in [4.78, 5) is 16.6. The molecule has 9 nitrogen and oxygen atoms in total. The minimum atomic E-state index is 0.000194. The fourth-order valence-electron chi connectivity index (χ4n) is 2.06. The van der Waals surface area contributed by atoms with Crippen LogP contribution >= 0.6 is 0 Å². The zero-order valence-corrected chi connectivity index (χ0v) is 13.5. The maximum atomic E-state index is 9.47. The summed E-state index contributed by atoms with van der Waals surface area (Å²) in [5, 5.41) is 1.99. The van der Waals surface area contributed by atoms with Crippen molar-refractivity contribution in [1.82, 2.24) is 19.9 Å². The van der Waals surface area contributed by atoms with Crippen LogP contribution in [0.4, 0.5) is 5.82 Å². The van der Waals surface area contributed by atoms with Crippen LogP contribution in [0, 0.1) is 0 Å². The molecule has 3 rings (SSSR count). The molecule has 3 aromatic rings. The molecule has 0 saturated carbocycles. The summed E-state index contributed by atoms with van der Waals surface area (Å²) < 4.78 is 16.3. The lowest BCUT2D eigenvalue weighted by Crippen LogP contribution is -2.55. The molecule has 0 fully saturated rings. The van der Waals surface area contributed by atoms with Gasteiger partial charge in [-0.2, -0.15) is 4.98 Å². The molecule has 0 amide bonds. The molecule has 0 aliphatic heterocycles. The molecule has 0 aliphatic rings. The van der Waals surface area contributed by atoms with Gasteiger partial charge in [0, 0.05) is 12.4 Å². The third-order valence-electron chi connectivity index (χ3n) is 3.18. The maximum absolute atomic E-state index is 9.47. The lowest BCUT2D eigenvalue weighted by molar-refractivity contribution is -0.385. The standard InChI is InChI=1S/C16H14N6O3/c1-23-10-6-3-4-7-11(10)25-12-13(22-17)20-15(21-16(12)24-2)14-18-8-5-9-19-14/h3-9,22H,1-2H3. The van der Waals surface area contributed by atoms with Crippen LogP contribution in [0.2, 0.25) is 0 Å². The molecule has 0 spiro atoms. The van der Waals surface area contributed by atoms with Gasteiger partial charge < -0.3 is 24.9 Å². The van der Waals surface area contributed by atoms with Crippen LogP contribution in [-0.4, -0.2) is 34.2 Å². The number of nitrogens with zero attached hydrogens (tertiary/aromatic N) is 5. The van der Waals surface area contributed by atoms with Crippen molar-refractivity contribution in [3.05, 3.63) is 48.3 Å². The molecule has 126 valence electrons. The molecule has 0 radical (unpaired) electrons. The number of ether oxygens (including phenoxy) is 3. The SMILES string of the molecule is COc1ccccc1Oc1c([NH+]=[N-])nc(-c2ncccn2)nc1OC. The summed E-state index contributed by atoms with van der Waals surface area (Å²) in [6, 6.07) is 8.70. The van der Waals surface area contributed by atoms with Crippen LogP contribution in [0.25, 0.3) is 17.2 Å². The Morgan fingerprint density at radius 1 is 0.880 bits per heavy atom. The fourth-order valence-corrected chi connectivity index (χ4v) is 2.06. The first kappa shape index (κ1) is 16.2. The quantitative estimate of drug-likeness (QED) is 0.677. The van der Waals surface area contributed by atoms with E-state index in [2.05, 4.69) is 19.9 Å². The van der Waals surface area contributed by atoms with Gasteiger partial charge in [0.25, 0.3) is 11.6 Å². The summed E-state index contributed by atoms with van der Waals surface area (Å²) in [5.41, 5.74) is 9.47. The lowest BCUT2D eigenvalue weighted by Gasteiger charge is -2.11. The number of aromatic nitrogens is 4. The Balaban J connectivity index is 2.09. The van der Waals surface area contributed by atoms with Gasteiger partial charge in [-0.15, -0.1) is 0 Å². The summed E-state index contributed by atoms with van der Waals surface area (Å²) in [7, 11) is 2.95. The molecule has 0 unspecified atom stereocenters. The van der Waals surface area contributed by atoms with Crippen LogP contribution in [0.15, 0.2) is 42.7 Å². The monoisotopic (exact) mass is 338 g/mol. The highest BCUT2D eigenvalue weighted by molar-refractivity contribution is 5.57. The van der Waals surface area contributed by atoms with E-state index in [9.17, 15) is 5.53 Å². The van der Waals surface area contributed by atoms with Crippen molar-refractivity contribution < 1.29 is 19.3 Å². The van der Waals surface area contributed by atoms with E-state index in [-0.39, 0.29) is 29.1 Å². The van der Waals surface area contributed by atoms with E-state index >= 15 is 0 Å². The molecule has 2 aromatic heterocycles. The molecule has 0 aliphatic carbocycles. The van der Waals surface area contributed by atoms with Crippen LogP contribution in [0.5, 0.6) is 23.1 Å². The highest BCUT2D eigenvalue weighted by Crippen LogP contribution is 2.38. The largest absolute Gasteiger partial charge is 0.614 e. The minimum absolute atomic E-state index is 0.000194. The van der Waals surface area contributed by atoms with E-state index in [0.717, 1.165) is 0 Å².